The molecule has 1 aliphatic heterocycles. The van der Waals surface area contributed by atoms with Crippen LogP contribution in [0.4, 0.5) is 0 Å². The smallest absolute Gasteiger partial charge is 0.233 e. The number of hydrogen-bond donors (Lipinski definition) is 1. The molecule has 1 aromatic carbocycles. The van der Waals surface area contributed by atoms with Gasteiger partial charge in [0.25, 0.3) is 0 Å². The van der Waals surface area contributed by atoms with E-state index in [1.165, 1.54) is 11.1 Å². The lowest BCUT2D eigenvalue weighted by Gasteiger charge is -2.47. The van der Waals surface area contributed by atoms with Gasteiger partial charge in [0, 0.05) is 9.37 Å². The molecule has 1 heterocycles. The summed E-state index contributed by atoms with van der Waals surface area (Å²) in [5.41, 5.74) is 1.79. The number of amides is 1. The van der Waals surface area contributed by atoms with E-state index in [9.17, 15) is 9.90 Å². The van der Waals surface area contributed by atoms with Crippen LogP contribution in [0, 0.1) is 19.8 Å². The molecule has 3 rings (SSSR count). The molecule has 0 bridgehead atoms. The number of aliphatic hydroxyl groups is 1. The molecule has 1 aliphatic carbocycles. The van der Waals surface area contributed by atoms with Crippen molar-refractivity contribution in [1.82, 2.24) is 4.90 Å². The van der Waals surface area contributed by atoms with Crippen molar-refractivity contribution in [3.8, 4) is 0 Å². The van der Waals surface area contributed by atoms with Crippen molar-refractivity contribution in [3.05, 3.63) is 27.7 Å². The van der Waals surface area contributed by atoms with Crippen molar-refractivity contribution in [2.24, 2.45) is 5.92 Å². The van der Waals surface area contributed by atoms with E-state index in [0.717, 1.165) is 22.2 Å². The van der Waals surface area contributed by atoms with Gasteiger partial charge in [0.1, 0.15) is 5.60 Å². The average Bonchev–Trinajstić information content (AvgIpc) is 3.22. The fourth-order valence-corrected chi connectivity index (χ4v) is 4.28. The predicted molar refractivity (Wildman–Crippen MR) is 88.6 cm³/mol. The van der Waals surface area contributed by atoms with Crippen LogP contribution in [0.25, 0.3) is 0 Å². The first-order valence-corrected chi connectivity index (χ1v) is 9.06. The zero-order chi connectivity index (χ0) is 15.2. The molecule has 2 fully saturated rings. The summed E-state index contributed by atoms with van der Waals surface area (Å²) in [6.45, 7) is 5.16. The summed E-state index contributed by atoms with van der Waals surface area (Å²) < 4.78 is 1.10. The highest BCUT2D eigenvalue weighted by Crippen LogP contribution is 2.44. The monoisotopic (exact) mass is 369 g/mol. The van der Waals surface area contributed by atoms with Gasteiger partial charge in [0.05, 0.1) is 18.8 Å². The molecule has 1 saturated carbocycles. The van der Waals surface area contributed by atoms with Gasteiger partial charge >= 0.3 is 0 Å². The Labute approximate surface area is 138 Å². The van der Waals surface area contributed by atoms with E-state index in [2.05, 4.69) is 41.9 Å². The molecule has 1 aromatic rings. The van der Waals surface area contributed by atoms with Gasteiger partial charge in [-0.15, -0.1) is 11.8 Å². The van der Waals surface area contributed by atoms with Gasteiger partial charge in [-0.05, 0) is 55.9 Å². The Morgan fingerprint density at radius 2 is 2.05 bits per heavy atom. The van der Waals surface area contributed by atoms with Crippen LogP contribution in [-0.2, 0) is 4.79 Å². The van der Waals surface area contributed by atoms with Gasteiger partial charge in [0.15, 0.2) is 0 Å². The molecule has 1 amide bonds. The summed E-state index contributed by atoms with van der Waals surface area (Å²) in [4.78, 5) is 15.1. The lowest BCUT2D eigenvalue weighted by molar-refractivity contribution is -0.156. The number of β-amino-alcohol motifs (C(OH)–C–C–N with tert-alkyl or cyclic N) is 1. The molecule has 0 atom stereocenters. The number of thioether (sulfide) groups is 1. The van der Waals surface area contributed by atoms with Crippen molar-refractivity contribution in [3.63, 3.8) is 0 Å². The van der Waals surface area contributed by atoms with Crippen molar-refractivity contribution in [1.29, 1.82) is 0 Å². The van der Waals surface area contributed by atoms with E-state index in [1.54, 1.807) is 16.7 Å². The molecule has 1 saturated heterocycles. The van der Waals surface area contributed by atoms with Crippen LogP contribution in [-0.4, -0.2) is 40.4 Å². The predicted octanol–water partition coefficient (Wildman–Crippen LogP) is 3.14. The van der Waals surface area contributed by atoms with Crippen molar-refractivity contribution in [2.75, 3.05) is 18.8 Å². The topological polar surface area (TPSA) is 40.5 Å². The molecule has 21 heavy (non-hydrogen) atoms. The Hall–Kier alpha value is -0.520. The molecule has 0 radical (unpaired) electrons. The Bertz CT molecular complexity index is 580. The van der Waals surface area contributed by atoms with E-state index in [-0.39, 0.29) is 5.91 Å². The maximum atomic E-state index is 12.2. The number of aryl methyl sites for hydroxylation is 2. The minimum atomic E-state index is -0.579. The lowest BCUT2D eigenvalue weighted by atomic mass is 9.89. The summed E-state index contributed by atoms with van der Waals surface area (Å²) in [5.74, 6) is 1.01. The van der Waals surface area contributed by atoms with E-state index in [4.69, 9.17) is 0 Å². The molecular formula is C16H20BrNO2S. The second-order valence-electron chi connectivity index (χ2n) is 6.28. The largest absolute Gasteiger partial charge is 0.386 e. The first kappa shape index (κ1) is 15.4. The third-order valence-corrected chi connectivity index (χ3v) is 6.42. The minimum Gasteiger partial charge on any atom is -0.386 e. The van der Waals surface area contributed by atoms with Crippen molar-refractivity contribution < 1.29 is 9.90 Å². The number of halogens is 1. The third-order valence-electron chi connectivity index (χ3n) is 4.43. The number of rotatable bonds is 4. The molecule has 0 aromatic heterocycles. The standard InChI is InChI=1S/C16H20BrNO2S/c1-10-6-14(11(2)5-13(10)17)21-7-15(19)18-8-16(20,9-18)12-3-4-12/h5-6,12,20H,3-4,7-9H2,1-2H3. The molecule has 2 aliphatic rings. The minimum absolute atomic E-state index is 0.130. The zero-order valence-corrected chi connectivity index (χ0v) is 14.8. The number of benzene rings is 1. The third kappa shape index (κ3) is 3.15. The van der Waals surface area contributed by atoms with Crippen LogP contribution in [0.15, 0.2) is 21.5 Å². The van der Waals surface area contributed by atoms with E-state index >= 15 is 0 Å². The molecular weight excluding hydrogens is 350 g/mol. The van der Waals surface area contributed by atoms with Crippen molar-refractivity contribution in [2.45, 2.75) is 37.2 Å². The zero-order valence-electron chi connectivity index (χ0n) is 12.4. The molecule has 5 heteroatoms. The van der Waals surface area contributed by atoms with E-state index < -0.39 is 5.60 Å². The average molecular weight is 370 g/mol. The fourth-order valence-electron chi connectivity index (χ4n) is 2.81. The van der Waals surface area contributed by atoms with Gasteiger partial charge < -0.3 is 10.0 Å². The summed E-state index contributed by atoms with van der Waals surface area (Å²) in [6.07, 6.45) is 2.23. The molecule has 3 nitrogen and oxygen atoms in total. The first-order chi connectivity index (χ1) is 9.89. The number of likely N-dealkylation sites (tertiary alicyclic amines) is 1. The summed E-state index contributed by atoms with van der Waals surface area (Å²) in [5, 5.41) is 10.3. The number of hydrogen-bond acceptors (Lipinski definition) is 3. The van der Waals surface area contributed by atoms with E-state index in [1.807, 2.05) is 0 Å². The maximum Gasteiger partial charge on any atom is 0.233 e. The fraction of sp³-hybridized carbons (Fsp3) is 0.562. The number of carbonyl (C=O) groups is 1. The molecule has 0 unspecified atom stereocenters. The van der Waals surface area contributed by atoms with Crippen LogP contribution < -0.4 is 0 Å². The van der Waals surface area contributed by atoms with Gasteiger partial charge in [-0.25, -0.2) is 0 Å². The summed E-state index contributed by atoms with van der Waals surface area (Å²) >= 11 is 5.11. The second-order valence-corrected chi connectivity index (χ2v) is 8.15. The van der Waals surface area contributed by atoms with Gasteiger partial charge in [-0.3, -0.25) is 4.79 Å². The Kier molecular flexibility index (Phi) is 4.10. The Morgan fingerprint density at radius 3 is 2.67 bits per heavy atom. The quantitative estimate of drug-likeness (QED) is 0.828. The van der Waals surface area contributed by atoms with Crippen LogP contribution >= 0.6 is 27.7 Å². The SMILES string of the molecule is Cc1cc(SCC(=O)N2CC(O)(C3CC3)C2)c(C)cc1Br. The molecule has 1 N–H and O–H groups in total. The first-order valence-electron chi connectivity index (χ1n) is 7.29. The lowest BCUT2D eigenvalue weighted by Crippen LogP contribution is -2.65. The van der Waals surface area contributed by atoms with Gasteiger partial charge in [0.2, 0.25) is 5.91 Å². The van der Waals surface area contributed by atoms with E-state index in [0.29, 0.717) is 24.8 Å². The Morgan fingerprint density at radius 1 is 1.38 bits per heavy atom. The molecule has 0 spiro atoms. The summed E-state index contributed by atoms with van der Waals surface area (Å²) in [6, 6.07) is 4.21. The highest BCUT2D eigenvalue weighted by atomic mass is 79.9. The van der Waals surface area contributed by atoms with Crippen LogP contribution in [0.1, 0.15) is 24.0 Å². The molecule has 114 valence electrons. The van der Waals surface area contributed by atoms with Crippen LogP contribution in [0.5, 0.6) is 0 Å². The van der Waals surface area contributed by atoms with Gasteiger partial charge in [-0.1, -0.05) is 15.9 Å². The highest BCUT2D eigenvalue weighted by Gasteiger charge is 2.53. The maximum absolute atomic E-state index is 12.2. The normalized spacial score (nSPS) is 20.3. The summed E-state index contributed by atoms with van der Waals surface area (Å²) in [7, 11) is 0. The second kappa shape index (κ2) is 5.60. The van der Waals surface area contributed by atoms with Crippen molar-refractivity contribution >= 4 is 33.6 Å². The van der Waals surface area contributed by atoms with Gasteiger partial charge in [-0.2, -0.15) is 0 Å². The van der Waals surface area contributed by atoms with Crippen LogP contribution in [0.3, 0.4) is 0 Å². The number of nitrogens with zero attached hydrogens (tertiary/aromatic N) is 1. The number of carbonyl (C=O) groups excluding carboxylic acids is 1. The van der Waals surface area contributed by atoms with Crippen LogP contribution in [0.2, 0.25) is 0 Å². The Balaban J connectivity index is 1.54. The highest BCUT2D eigenvalue weighted by molar-refractivity contribution is 9.10.